The van der Waals surface area contributed by atoms with E-state index < -0.39 is 0 Å². The van der Waals surface area contributed by atoms with Gasteiger partial charge >= 0.3 is 0 Å². The van der Waals surface area contributed by atoms with Crippen molar-refractivity contribution in [1.29, 1.82) is 0 Å². The lowest BCUT2D eigenvalue weighted by molar-refractivity contribution is -0.117. The van der Waals surface area contributed by atoms with Crippen molar-refractivity contribution >= 4 is 23.2 Å². The average molecular weight is 334 g/mol. The first-order chi connectivity index (χ1) is 11.1. The van der Waals surface area contributed by atoms with E-state index in [1.807, 2.05) is 36.1 Å². The van der Waals surface area contributed by atoms with Gasteiger partial charge < -0.3 is 10.4 Å². The predicted octanol–water partition coefficient (Wildman–Crippen LogP) is 2.48. The maximum atomic E-state index is 12.2. The van der Waals surface area contributed by atoms with Gasteiger partial charge in [-0.15, -0.1) is 0 Å². The maximum absolute atomic E-state index is 12.2. The van der Waals surface area contributed by atoms with Gasteiger partial charge in [-0.1, -0.05) is 23.7 Å². The molecule has 5 nitrogen and oxygen atoms in total. The Bertz CT molecular complexity index is 650. The summed E-state index contributed by atoms with van der Waals surface area (Å²) in [4.78, 5) is 18.1. The number of hydrogen-bond donors (Lipinski definition) is 2. The van der Waals surface area contributed by atoms with E-state index in [4.69, 9.17) is 11.6 Å². The minimum atomic E-state index is -0.151. The van der Waals surface area contributed by atoms with Crippen molar-refractivity contribution in [2.24, 2.45) is 0 Å². The number of nitrogens with zero attached hydrogens (tertiary/aromatic N) is 2. The maximum Gasteiger partial charge on any atom is 0.238 e. The van der Waals surface area contributed by atoms with Crippen molar-refractivity contribution in [3.63, 3.8) is 0 Å². The second kappa shape index (κ2) is 8.62. The number of aliphatic hydroxyl groups excluding tert-OH is 1. The molecule has 0 unspecified atom stereocenters. The van der Waals surface area contributed by atoms with Crippen LogP contribution in [0.1, 0.15) is 11.1 Å². The zero-order valence-electron chi connectivity index (χ0n) is 13.0. The smallest absolute Gasteiger partial charge is 0.238 e. The summed E-state index contributed by atoms with van der Waals surface area (Å²) >= 11 is 6.06. The average Bonchev–Trinajstić information content (AvgIpc) is 2.52. The van der Waals surface area contributed by atoms with Crippen molar-refractivity contribution in [2.75, 3.05) is 25.0 Å². The first-order valence-corrected chi connectivity index (χ1v) is 7.74. The van der Waals surface area contributed by atoms with Crippen LogP contribution in [0.4, 0.5) is 5.69 Å². The number of aryl methyl sites for hydroxylation is 1. The molecule has 2 aromatic rings. The Kier molecular flexibility index (Phi) is 6.52. The fourth-order valence-corrected chi connectivity index (χ4v) is 2.36. The number of halogens is 1. The van der Waals surface area contributed by atoms with Crippen LogP contribution in [-0.2, 0) is 11.3 Å². The lowest BCUT2D eigenvalue weighted by atomic mass is 10.2. The molecule has 0 saturated carbocycles. The Morgan fingerprint density at radius 3 is 2.87 bits per heavy atom. The Hall–Kier alpha value is -1.95. The summed E-state index contributed by atoms with van der Waals surface area (Å²) < 4.78 is 0. The molecule has 0 fully saturated rings. The number of rotatable bonds is 7. The number of anilines is 1. The number of aromatic nitrogens is 1. The number of amides is 1. The summed E-state index contributed by atoms with van der Waals surface area (Å²) in [6.45, 7) is 3.04. The molecule has 1 amide bonds. The minimum Gasteiger partial charge on any atom is -0.395 e. The zero-order valence-corrected chi connectivity index (χ0v) is 13.8. The second-order valence-corrected chi connectivity index (χ2v) is 5.71. The molecule has 1 heterocycles. The van der Waals surface area contributed by atoms with E-state index in [1.54, 1.807) is 18.5 Å². The molecule has 23 heavy (non-hydrogen) atoms. The molecule has 1 aromatic carbocycles. The van der Waals surface area contributed by atoms with Crippen molar-refractivity contribution in [1.82, 2.24) is 9.88 Å². The predicted molar refractivity (Wildman–Crippen MR) is 91.4 cm³/mol. The van der Waals surface area contributed by atoms with E-state index in [0.29, 0.717) is 23.8 Å². The molecule has 0 aliphatic heterocycles. The minimum absolute atomic E-state index is 0.0100. The highest BCUT2D eigenvalue weighted by atomic mass is 35.5. The van der Waals surface area contributed by atoms with Crippen molar-refractivity contribution < 1.29 is 9.90 Å². The van der Waals surface area contributed by atoms with Crippen molar-refractivity contribution in [2.45, 2.75) is 13.5 Å². The number of aliphatic hydroxyl groups is 1. The molecule has 6 heteroatoms. The largest absolute Gasteiger partial charge is 0.395 e. The highest BCUT2D eigenvalue weighted by Gasteiger charge is 2.12. The first kappa shape index (κ1) is 17.4. The third-order valence-corrected chi connectivity index (χ3v) is 3.78. The number of nitrogens with one attached hydrogen (secondary N) is 1. The van der Waals surface area contributed by atoms with E-state index in [0.717, 1.165) is 11.1 Å². The van der Waals surface area contributed by atoms with Crippen molar-refractivity contribution in [3.05, 3.63) is 58.9 Å². The number of hydrogen-bond acceptors (Lipinski definition) is 4. The molecule has 1 aromatic heterocycles. The van der Waals surface area contributed by atoms with Gasteiger partial charge in [0.15, 0.2) is 0 Å². The van der Waals surface area contributed by atoms with Crippen LogP contribution in [0.25, 0.3) is 0 Å². The van der Waals surface area contributed by atoms with Crippen LogP contribution in [-0.4, -0.2) is 40.6 Å². The fraction of sp³-hybridized carbons (Fsp3) is 0.294. The fourth-order valence-electron chi connectivity index (χ4n) is 2.18. The summed E-state index contributed by atoms with van der Waals surface area (Å²) in [5, 5.41) is 12.6. The van der Waals surface area contributed by atoms with E-state index >= 15 is 0 Å². The molecule has 2 rings (SSSR count). The summed E-state index contributed by atoms with van der Waals surface area (Å²) in [5.41, 5.74) is 2.62. The topological polar surface area (TPSA) is 65.5 Å². The summed E-state index contributed by atoms with van der Waals surface area (Å²) in [6.07, 6.45) is 3.45. The molecule has 2 N–H and O–H groups in total. The number of carbonyl (C=O) groups is 1. The molecule has 0 aliphatic rings. The van der Waals surface area contributed by atoms with Crippen LogP contribution >= 0.6 is 11.6 Å². The molecule has 0 spiro atoms. The number of carbonyl (C=O) groups excluding carboxylic acids is 1. The molecular formula is C17H20ClN3O2. The molecule has 0 aliphatic carbocycles. The lowest BCUT2D eigenvalue weighted by Gasteiger charge is -2.20. The van der Waals surface area contributed by atoms with Gasteiger partial charge in [0.25, 0.3) is 0 Å². The van der Waals surface area contributed by atoms with E-state index in [-0.39, 0.29) is 19.1 Å². The Balaban J connectivity index is 1.95. The van der Waals surface area contributed by atoms with Gasteiger partial charge in [0.1, 0.15) is 0 Å². The Labute approximate surface area is 140 Å². The highest BCUT2D eigenvalue weighted by Crippen LogP contribution is 2.19. The van der Waals surface area contributed by atoms with Gasteiger partial charge in [-0.2, -0.15) is 0 Å². The Morgan fingerprint density at radius 1 is 1.39 bits per heavy atom. The third-order valence-electron chi connectivity index (χ3n) is 3.37. The second-order valence-electron chi connectivity index (χ2n) is 5.31. The molecule has 0 atom stereocenters. The van der Waals surface area contributed by atoms with Gasteiger partial charge in [0.2, 0.25) is 5.91 Å². The van der Waals surface area contributed by atoms with Crippen LogP contribution < -0.4 is 5.32 Å². The van der Waals surface area contributed by atoms with Gasteiger partial charge in [-0.25, -0.2) is 0 Å². The monoisotopic (exact) mass is 333 g/mol. The van der Waals surface area contributed by atoms with Crippen LogP contribution in [0.3, 0.4) is 0 Å². The highest BCUT2D eigenvalue weighted by molar-refractivity contribution is 6.31. The SMILES string of the molecule is Cc1ccc(NC(=O)CN(CCO)Cc2cccnc2)cc1Cl. The van der Waals surface area contributed by atoms with Crippen molar-refractivity contribution in [3.8, 4) is 0 Å². The van der Waals surface area contributed by atoms with Gasteiger partial charge in [-0.3, -0.25) is 14.7 Å². The quantitative estimate of drug-likeness (QED) is 0.817. The standard InChI is InChI=1S/C17H20ClN3O2/c1-13-4-5-15(9-16(13)18)20-17(23)12-21(7-8-22)11-14-3-2-6-19-10-14/h2-6,9-10,22H,7-8,11-12H2,1H3,(H,20,23). The first-order valence-electron chi connectivity index (χ1n) is 7.36. The molecular weight excluding hydrogens is 314 g/mol. The summed E-state index contributed by atoms with van der Waals surface area (Å²) in [5.74, 6) is -0.151. The summed E-state index contributed by atoms with van der Waals surface area (Å²) in [6, 6.07) is 9.19. The van der Waals surface area contributed by atoms with E-state index in [9.17, 15) is 9.90 Å². The summed E-state index contributed by atoms with van der Waals surface area (Å²) in [7, 11) is 0. The van der Waals surface area contributed by atoms with Gasteiger partial charge in [0.05, 0.1) is 13.2 Å². The lowest BCUT2D eigenvalue weighted by Crippen LogP contribution is -2.34. The van der Waals surface area contributed by atoms with Crippen LogP contribution in [0.5, 0.6) is 0 Å². The van der Waals surface area contributed by atoms with Gasteiger partial charge in [-0.05, 0) is 36.2 Å². The normalized spacial score (nSPS) is 10.8. The van der Waals surface area contributed by atoms with E-state index in [1.165, 1.54) is 0 Å². The number of benzene rings is 1. The third kappa shape index (κ3) is 5.63. The molecule has 0 saturated heterocycles. The molecule has 0 radical (unpaired) electrons. The van der Waals surface area contributed by atoms with Gasteiger partial charge in [0, 0.05) is 36.2 Å². The molecule has 0 bridgehead atoms. The Morgan fingerprint density at radius 2 is 2.22 bits per heavy atom. The van der Waals surface area contributed by atoms with Crippen LogP contribution in [0.15, 0.2) is 42.7 Å². The van der Waals surface area contributed by atoms with Crippen LogP contribution in [0.2, 0.25) is 5.02 Å². The number of pyridine rings is 1. The zero-order chi connectivity index (χ0) is 16.7. The van der Waals surface area contributed by atoms with Crippen LogP contribution in [0, 0.1) is 6.92 Å². The van der Waals surface area contributed by atoms with E-state index in [2.05, 4.69) is 10.3 Å². The molecule has 122 valence electrons.